The maximum absolute atomic E-state index is 12.4. The summed E-state index contributed by atoms with van der Waals surface area (Å²) in [7, 11) is 1.53. The van der Waals surface area contributed by atoms with Crippen molar-refractivity contribution in [2.75, 3.05) is 7.11 Å². The SMILES string of the molecule is COc1cc(/C=C2\N=C(c3ccc(Cl)c([N+](=O)[O-])c3)OC2=O)cc(I)c1OCc1ccccc1Br. The van der Waals surface area contributed by atoms with Gasteiger partial charge in [-0.05, 0) is 64.6 Å². The third-order valence-corrected chi connectivity index (χ3v) is 6.79. The minimum absolute atomic E-state index is 0.0250. The minimum atomic E-state index is -0.680. The van der Waals surface area contributed by atoms with Gasteiger partial charge >= 0.3 is 5.97 Å². The largest absolute Gasteiger partial charge is 0.493 e. The number of rotatable bonds is 7. The van der Waals surface area contributed by atoms with Gasteiger partial charge in [0, 0.05) is 21.7 Å². The normalized spacial score (nSPS) is 14.0. The molecule has 8 nitrogen and oxygen atoms in total. The van der Waals surface area contributed by atoms with Crippen molar-refractivity contribution < 1.29 is 23.9 Å². The van der Waals surface area contributed by atoms with Gasteiger partial charge in [0.2, 0.25) is 5.90 Å². The molecule has 35 heavy (non-hydrogen) atoms. The summed E-state index contributed by atoms with van der Waals surface area (Å²) in [6.45, 7) is 0.335. The van der Waals surface area contributed by atoms with Crippen LogP contribution in [0.1, 0.15) is 16.7 Å². The van der Waals surface area contributed by atoms with E-state index >= 15 is 0 Å². The van der Waals surface area contributed by atoms with Crippen LogP contribution < -0.4 is 9.47 Å². The van der Waals surface area contributed by atoms with Crippen molar-refractivity contribution >= 4 is 73.8 Å². The Labute approximate surface area is 227 Å². The standard InChI is InChI=1S/C24H15BrClIN2O6/c1-33-21-10-13(8-18(27)22(21)34-12-15-4-2-3-5-16(15)25)9-19-24(30)35-23(28-19)14-6-7-17(26)20(11-14)29(31)32/h2-11H,12H2,1H3/b19-9-. The summed E-state index contributed by atoms with van der Waals surface area (Å²) in [6.07, 6.45) is 1.54. The fourth-order valence-corrected chi connectivity index (χ4v) is 4.57. The van der Waals surface area contributed by atoms with Crippen LogP contribution in [-0.2, 0) is 16.1 Å². The molecule has 0 aliphatic carbocycles. The van der Waals surface area contributed by atoms with Crippen LogP contribution in [0, 0.1) is 13.7 Å². The fourth-order valence-electron chi connectivity index (χ4n) is 3.20. The number of cyclic esters (lactones) is 1. The Morgan fingerprint density at radius 2 is 2.00 bits per heavy atom. The molecule has 0 saturated heterocycles. The molecule has 0 N–H and O–H groups in total. The van der Waals surface area contributed by atoms with Gasteiger partial charge in [-0.3, -0.25) is 10.1 Å². The molecule has 0 atom stereocenters. The van der Waals surface area contributed by atoms with Crippen molar-refractivity contribution in [1.29, 1.82) is 0 Å². The third kappa shape index (κ3) is 5.65. The zero-order valence-corrected chi connectivity index (χ0v) is 22.5. The average molecular weight is 670 g/mol. The number of benzene rings is 3. The molecule has 1 heterocycles. The number of nitrogens with zero attached hydrogens (tertiary/aromatic N) is 2. The van der Waals surface area contributed by atoms with E-state index in [9.17, 15) is 14.9 Å². The van der Waals surface area contributed by atoms with Gasteiger partial charge in [-0.25, -0.2) is 9.79 Å². The Kier molecular flexibility index (Phi) is 7.72. The molecule has 0 spiro atoms. The Hall–Kier alpha value is -2.96. The summed E-state index contributed by atoms with van der Waals surface area (Å²) in [6, 6.07) is 15.3. The molecule has 0 amide bonds. The van der Waals surface area contributed by atoms with Crippen molar-refractivity contribution in [1.82, 2.24) is 0 Å². The number of nitro groups is 1. The first kappa shape index (κ1) is 25.1. The molecular weight excluding hydrogens is 655 g/mol. The highest BCUT2D eigenvalue weighted by Crippen LogP contribution is 2.36. The molecule has 0 aromatic heterocycles. The van der Waals surface area contributed by atoms with Crippen molar-refractivity contribution in [3.05, 3.63) is 100 Å². The number of methoxy groups -OCH3 is 1. The van der Waals surface area contributed by atoms with Gasteiger partial charge < -0.3 is 14.2 Å². The highest BCUT2D eigenvalue weighted by Gasteiger charge is 2.26. The molecule has 3 aromatic rings. The molecule has 0 radical (unpaired) electrons. The van der Waals surface area contributed by atoms with Gasteiger partial charge in [0.1, 0.15) is 11.6 Å². The van der Waals surface area contributed by atoms with E-state index in [0.29, 0.717) is 23.7 Å². The van der Waals surface area contributed by atoms with Gasteiger partial charge in [0.25, 0.3) is 5.69 Å². The first-order valence-corrected chi connectivity index (χ1v) is 12.2. The van der Waals surface area contributed by atoms with Gasteiger partial charge in [0.05, 0.1) is 15.6 Å². The van der Waals surface area contributed by atoms with Gasteiger partial charge in [-0.15, -0.1) is 0 Å². The number of hydrogen-bond donors (Lipinski definition) is 0. The highest BCUT2D eigenvalue weighted by molar-refractivity contribution is 14.1. The van der Waals surface area contributed by atoms with Crippen LogP contribution in [0.3, 0.4) is 0 Å². The van der Waals surface area contributed by atoms with Crippen LogP contribution >= 0.6 is 50.1 Å². The smallest absolute Gasteiger partial charge is 0.363 e. The van der Waals surface area contributed by atoms with Crippen molar-refractivity contribution in [2.24, 2.45) is 4.99 Å². The Morgan fingerprint density at radius 3 is 2.71 bits per heavy atom. The molecule has 4 rings (SSSR count). The molecule has 0 saturated carbocycles. The number of carbonyl (C=O) groups excluding carboxylic acids is 1. The van der Waals surface area contributed by atoms with Crippen LogP contribution in [-0.4, -0.2) is 23.9 Å². The number of hydrogen-bond acceptors (Lipinski definition) is 7. The predicted octanol–water partition coefficient (Wildman–Crippen LogP) is 6.55. The summed E-state index contributed by atoms with van der Waals surface area (Å²) in [5, 5.41) is 11.1. The lowest BCUT2D eigenvalue weighted by atomic mass is 10.1. The third-order valence-electron chi connectivity index (χ3n) is 4.90. The van der Waals surface area contributed by atoms with E-state index in [-0.39, 0.29) is 27.9 Å². The Balaban J connectivity index is 1.61. The molecule has 0 fully saturated rings. The number of halogens is 3. The van der Waals surface area contributed by atoms with Gasteiger partial charge in [-0.2, -0.15) is 0 Å². The lowest BCUT2D eigenvalue weighted by molar-refractivity contribution is -0.384. The maximum atomic E-state index is 12.4. The van der Waals surface area contributed by atoms with E-state index < -0.39 is 10.9 Å². The monoisotopic (exact) mass is 668 g/mol. The van der Waals surface area contributed by atoms with E-state index in [2.05, 4.69) is 43.5 Å². The Morgan fingerprint density at radius 1 is 1.23 bits per heavy atom. The second-order valence-electron chi connectivity index (χ2n) is 7.17. The van der Waals surface area contributed by atoms with Crippen LogP contribution in [0.15, 0.2) is 69.8 Å². The van der Waals surface area contributed by atoms with Crippen molar-refractivity contribution in [2.45, 2.75) is 6.61 Å². The summed E-state index contributed by atoms with van der Waals surface area (Å²) in [4.78, 5) is 27.2. The van der Waals surface area contributed by atoms with E-state index in [1.807, 2.05) is 30.3 Å². The van der Waals surface area contributed by atoms with Crippen LogP contribution in [0.4, 0.5) is 5.69 Å². The van der Waals surface area contributed by atoms with Crippen molar-refractivity contribution in [3.63, 3.8) is 0 Å². The molecule has 11 heteroatoms. The lowest BCUT2D eigenvalue weighted by Crippen LogP contribution is -2.06. The number of esters is 1. The summed E-state index contributed by atoms with van der Waals surface area (Å²) in [5.74, 6) is 0.328. The zero-order valence-electron chi connectivity index (χ0n) is 18.0. The molecule has 0 unspecified atom stereocenters. The number of carbonyl (C=O) groups is 1. The first-order chi connectivity index (χ1) is 16.8. The maximum Gasteiger partial charge on any atom is 0.363 e. The topological polar surface area (TPSA) is 100 Å². The second-order valence-corrected chi connectivity index (χ2v) is 9.60. The summed E-state index contributed by atoms with van der Waals surface area (Å²) < 4.78 is 18.5. The second kappa shape index (κ2) is 10.8. The van der Waals surface area contributed by atoms with E-state index in [1.165, 1.54) is 25.3 Å². The quantitative estimate of drug-likeness (QED) is 0.0931. The summed E-state index contributed by atoms with van der Waals surface area (Å²) >= 11 is 11.5. The predicted molar refractivity (Wildman–Crippen MR) is 143 cm³/mol. The molecular formula is C24H15BrClIN2O6. The molecule has 1 aliphatic heterocycles. The van der Waals surface area contributed by atoms with E-state index in [1.54, 1.807) is 12.1 Å². The lowest BCUT2D eigenvalue weighted by Gasteiger charge is -2.14. The first-order valence-electron chi connectivity index (χ1n) is 9.97. The summed E-state index contributed by atoms with van der Waals surface area (Å²) in [5.41, 5.74) is 1.61. The van der Waals surface area contributed by atoms with Crippen LogP contribution in [0.25, 0.3) is 6.08 Å². The van der Waals surface area contributed by atoms with Crippen molar-refractivity contribution in [3.8, 4) is 11.5 Å². The van der Waals surface area contributed by atoms with Gasteiger partial charge in [-0.1, -0.05) is 45.7 Å². The molecule has 178 valence electrons. The van der Waals surface area contributed by atoms with E-state index in [0.717, 1.165) is 13.6 Å². The molecule has 1 aliphatic rings. The van der Waals surface area contributed by atoms with E-state index in [4.69, 9.17) is 25.8 Å². The number of nitro benzene ring substituents is 1. The highest BCUT2D eigenvalue weighted by atomic mass is 127. The number of ether oxygens (including phenoxy) is 3. The number of aliphatic imine (C=N–C) groups is 1. The average Bonchev–Trinajstić information content (AvgIpc) is 3.19. The fraction of sp³-hybridized carbons (Fsp3) is 0.0833. The molecule has 3 aromatic carbocycles. The minimum Gasteiger partial charge on any atom is -0.493 e. The van der Waals surface area contributed by atoms with Gasteiger partial charge in [0.15, 0.2) is 17.2 Å². The molecule has 0 bridgehead atoms. The Bertz CT molecular complexity index is 1410. The van der Waals surface area contributed by atoms with Crippen LogP contribution in [0.5, 0.6) is 11.5 Å². The zero-order chi connectivity index (χ0) is 25.1. The van der Waals surface area contributed by atoms with Crippen LogP contribution in [0.2, 0.25) is 5.02 Å².